The van der Waals surface area contributed by atoms with Gasteiger partial charge in [0.15, 0.2) is 0 Å². The number of nitrogens with zero attached hydrogens (tertiary/aromatic N) is 4. The van der Waals surface area contributed by atoms with E-state index in [4.69, 9.17) is 9.05 Å². The van der Waals surface area contributed by atoms with Crippen molar-refractivity contribution in [3.05, 3.63) is 66.3 Å². The summed E-state index contributed by atoms with van der Waals surface area (Å²) in [4.78, 5) is 8.60. The number of hydrogen-bond acceptors (Lipinski definition) is 7. The molecule has 4 aromatic rings. The van der Waals surface area contributed by atoms with Crippen molar-refractivity contribution in [2.75, 3.05) is 0 Å². The van der Waals surface area contributed by atoms with Crippen molar-refractivity contribution >= 4 is 11.8 Å². The van der Waals surface area contributed by atoms with E-state index in [-0.39, 0.29) is 5.82 Å². The highest BCUT2D eigenvalue weighted by Gasteiger charge is 2.13. The molecular weight excluding hydrogens is 343 g/mol. The Balaban J connectivity index is 1.42. The molecule has 0 saturated heterocycles. The Labute approximate surface area is 146 Å². The second-order valence-electron chi connectivity index (χ2n) is 5.06. The third kappa shape index (κ3) is 3.58. The van der Waals surface area contributed by atoms with Gasteiger partial charge < -0.3 is 9.05 Å². The Kier molecular flexibility index (Phi) is 4.26. The van der Waals surface area contributed by atoms with Crippen molar-refractivity contribution in [3.8, 4) is 22.8 Å². The van der Waals surface area contributed by atoms with Crippen LogP contribution in [0.25, 0.3) is 22.8 Å². The first-order chi connectivity index (χ1) is 12.3. The highest BCUT2D eigenvalue weighted by Crippen LogP contribution is 2.25. The number of hydrogen-bond donors (Lipinski definition) is 0. The van der Waals surface area contributed by atoms with Crippen molar-refractivity contribution in [1.82, 2.24) is 20.3 Å². The van der Waals surface area contributed by atoms with Gasteiger partial charge in [-0.1, -0.05) is 52.4 Å². The quantitative estimate of drug-likeness (QED) is 0.497. The van der Waals surface area contributed by atoms with Gasteiger partial charge in [0.2, 0.25) is 17.5 Å². The molecule has 4 rings (SSSR count). The summed E-state index contributed by atoms with van der Waals surface area (Å²) < 4.78 is 23.4. The summed E-state index contributed by atoms with van der Waals surface area (Å²) in [6, 6.07) is 15.5. The first-order valence-electron chi connectivity index (χ1n) is 7.38. The molecule has 25 heavy (non-hydrogen) atoms. The number of halogens is 1. The SMILES string of the molecule is Fc1ccc(-c2noc(SCc3nc(-c4ccccc4)no3)n2)cc1. The van der Waals surface area contributed by atoms with E-state index in [1.807, 2.05) is 30.3 Å². The van der Waals surface area contributed by atoms with Gasteiger partial charge in [-0.25, -0.2) is 4.39 Å². The van der Waals surface area contributed by atoms with Crippen LogP contribution in [0.2, 0.25) is 0 Å². The Hall–Kier alpha value is -3.00. The van der Waals surface area contributed by atoms with E-state index in [1.54, 1.807) is 12.1 Å². The minimum Gasteiger partial charge on any atom is -0.338 e. The summed E-state index contributed by atoms with van der Waals surface area (Å²) in [7, 11) is 0. The molecule has 0 unspecified atom stereocenters. The Morgan fingerprint density at radius 3 is 2.28 bits per heavy atom. The molecule has 2 aromatic heterocycles. The van der Waals surface area contributed by atoms with E-state index in [1.165, 1.54) is 23.9 Å². The van der Waals surface area contributed by atoms with E-state index in [0.29, 0.717) is 34.1 Å². The average molecular weight is 354 g/mol. The molecule has 0 bridgehead atoms. The second kappa shape index (κ2) is 6.86. The topological polar surface area (TPSA) is 77.8 Å². The molecule has 2 aromatic carbocycles. The van der Waals surface area contributed by atoms with Crippen LogP contribution in [0.1, 0.15) is 5.89 Å². The summed E-state index contributed by atoms with van der Waals surface area (Å²) in [5, 5.41) is 8.22. The zero-order valence-corrected chi connectivity index (χ0v) is 13.6. The molecule has 0 aliphatic carbocycles. The molecule has 124 valence electrons. The molecule has 2 heterocycles. The van der Waals surface area contributed by atoms with Gasteiger partial charge in [-0.2, -0.15) is 9.97 Å². The summed E-state index contributed by atoms with van der Waals surface area (Å²) in [5.41, 5.74) is 1.57. The standard InChI is InChI=1S/C17H11FN4O2S/c18-13-8-6-12(7-9-13)16-20-17(24-22-16)25-10-14-19-15(21-23-14)11-4-2-1-3-5-11/h1-9H,10H2. The van der Waals surface area contributed by atoms with Gasteiger partial charge in [0.25, 0.3) is 5.22 Å². The molecule has 0 radical (unpaired) electrons. The predicted octanol–water partition coefficient (Wildman–Crippen LogP) is 4.22. The van der Waals surface area contributed by atoms with Crippen molar-refractivity contribution in [3.63, 3.8) is 0 Å². The molecule has 0 spiro atoms. The van der Waals surface area contributed by atoms with E-state index in [0.717, 1.165) is 5.56 Å². The van der Waals surface area contributed by atoms with Crippen LogP contribution >= 0.6 is 11.8 Å². The third-order valence-electron chi connectivity index (χ3n) is 3.33. The third-order valence-corrected chi connectivity index (χ3v) is 4.13. The van der Waals surface area contributed by atoms with E-state index in [9.17, 15) is 4.39 Å². The lowest BCUT2D eigenvalue weighted by Crippen LogP contribution is -1.83. The molecule has 0 fully saturated rings. The lowest BCUT2D eigenvalue weighted by atomic mass is 10.2. The fraction of sp³-hybridized carbons (Fsp3) is 0.0588. The van der Waals surface area contributed by atoms with Crippen molar-refractivity contribution in [1.29, 1.82) is 0 Å². The highest BCUT2D eigenvalue weighted by molar-refractivity contribution is 7.98. The lowest BCUT2D eigenvalue weighted by Gasteiger charge is -1.92. The monoisotopic (exact) mass is 354 g/mol. The Morgan fingerprint density at radius 1 is 0.800 bits per heavy atom. The fourth-order valence-electron chi connectivity index (χ4n) is 2.13. The number of thioether (sulfide) groups is 1. The molecule has 0 aliphatic rings. The van der Waals surface area contributed by atoms with Crippen LogP contribution < -0.4 is 0 Å². The zero-order chi connectivity index (χ0) is 17.1. The average Bonchev–Trinajstić information content (AvgIpc) is 3.31. The number of benzene rings is 2. The smallest absolute Gasteiger partial charge is 0.286 e. The molecule has 0 atom stereocenters. The summed E-state index contributed by atoms with van der Waals surface area (Å²) in [6.07, 6.45) is 0. The number of rotatable bonds is 5. The lowest BCUT2D eigenvalue weighted by molar-refractivity contribution is 0.340. The van der Waals surface area contributed by atoms with Gasteiger partial charge in [0, 0.05) is 11.1 Å². The maximum atomic E-state index is 12.9. The first-order valence-corrected chi connectivity index (χ1v) is 8.37. The second-order valence-corrected chi connectivity index (χ2v) is 5.98. The van der Waals surface area contributed by atoms with E-state index >= 15 is 0 Å². The molecular formula is C17H11FN4O2S. The first kappa shape index (κ1) is 15.5. The van der Waals surface area contributed by atoms with Gasteiger partial charge in [0.05, 0.1) is 5.75 Å². The van der Waals surface area contributed by atoms with E-state index in [2.05, 4.69) is 20.3 Å². The van der Waals surface area contributed by atoms with Crippen LogP contribution in [0.15, 0.2) is 68.9 Å². The van der Waals surface area contributed by atoms with Gasteiger partial charge in [-0.15, -0.1) is 0 Å². The Morgan fingerprint density at radius 2 is 1.48 bits per heavy atom. The van der Waals surface area contributed by atoms with Crippen LogP contribution in [-0.4, -0.2) is 20.3 Å². The molecule has 0 amide bonds. The largest absolute Gasteiger partial charge is 0.338 e. The van der Waals surface area contributed by atoms with Crippen molar-refractivity contribution in [2.24, 2.45) is 0 Å². The van der Waals surface area contributed by atoms with E-state index < -0.39 is 0 Å². The summed E-state index contributed by atoms with van der Waals surface area (Å²) >= 11 is 1.29. The predicted molar refractivity (Wildman–Crippen MR) is 89.0 cm³/mol. The molecule has 0 aliphatic heterocycles. The molecule has 6 nitrogen and oxygen atoms in total. The fourth-order valence-corrected chi connectivity index (χ4v) is 2.73. The Bertz CT molecular complexity index is 970. The van der Waals surface area contributed by atoms with Crippen LogP contribution in [0.4, 0.5) is 4.39 Å². The minimum atomic E-state index is -0.313. The molecule has 0 N–H and O–H groups in total. The molecule has 8 heteroatoms. The van der Waals surface area contributed by atoms with Gasteiger partial charge in [-0.3, -0.25) is 0 Å². The highest BCUT2D eigenvalue weighted by atomic mass is 32.2. The minimum absolute atomic E-state index is 0.313. The van der Waals surface area contributed by atoms with Gasteiger partial charge in [-0.05, 0) is 24.3 Å². The maximum Gasteiger partial charge on any atom is 0.286 e. The van der Waals surface area contributed by atoms with Crippen LogP contribution in [-0.2, 0) is 5.75 Å². The normalized spacial score (nSPS) is 10.9. The zero-order valence-electron chi connectivity index (χ0n) is 12.8. The maximum absolute atomic E-state index is 12.9. The number of aromatic nitrogens is 4. The van der Waals surface area contributed by atoms with Crippen LogP contribution in [0.3, 0.4) is 0 Å². The van der Waals surface area contributed by atoms with Crippen LogP contribution in [0.5, 0.6) is 0 Å². The molecule has 0 saturated carbocycles. The summed E-state index contributed by atoms with van der Waals surface area (Å²) in [5.74, 6) is 1.50. The van der Waals surface area contributed by atoms with Crippen molar-refractivity contribution < 1.29 is 13.4 Å². The van der Waals surface area contributed by atoms with Crippen LogP contribution in [0, 0.1) is 5.82 Å². The van der Waals surface area contributed by atoms with Gasteiger partial charge in [0.1, 0.15) is 5.82 Å². The van der Waals surface area contributed by atoms with Gasteiger partial charge >= 0.3 is 0 Å². The summed E-state index contributed by atoms with van der Waals surface area (Å²) in [6.45, 7) is 0. The van der Waals surface area contributed by atoms with Crippen molar-refractivity contribution in [2.45, 2.75) is 11.0 Å².